The Balaban J connectivity index is 2.07. The number of nitrogens with one attached hydrogen (secondary N) is 1. The highest BCUT2D eigenvalue weighted by molar-refractivity contribution is 5.86. The Morgan fingerprint density at radius 1 is 1.32 bits per heavy atom. The molecule has 1 fully saturated rings. The average molecular weight is 258 g/mol. The molecular formula is C16H22N2O. The van der Waals surface area contributed by atoms with Crippen molar-refractivity contribution in [3.8, 4) is 5.75 Å². The van der Waals surface area contributed by atoms with Crippen molar-refractivity contribution in [2.24, 2.45) is 11.7 Å². The molecule has 0 amide bonds. The van der Waals surface area contributed by atoms with E-state index >= 15 is 0 Å². The van der Waals surface area contributed by atoms with Crippen LogP contribution in [-0.2, 0) is 0 Å². The summed E-state index contributed by atoms with van der Waals surface area (Å²) in [6, 6.07) is 6.31. The van der Waals surface area contributed by atoms with Gasteiger partial charge in [-0.15, -0.1) is 0 Å². The number of fused-ring (bicyclic) bond motifs is 1. The fourth-order valence-corrected chi connectivity index (χ4v) is 3.44. The largest absolute Gasteiger partial charge is 0.497 e. The van der Waals surface area contributed by atoms with Crippen molar-refractivity contribution in [1.29, 1.82) is 0 Å². The standard InChI is InChI=1S/C16H22N2O/c1-10-15(16(17)11-5-3-4-6-11)13-9-12(19-2)7-8-14(13)18-10/h7-9,11,16,18H,3-6,17H2,1-2H3. The normalized spacial score (nSPS) is 18.1. The maximum absolute atomic E-state index is 6.54. The Morgan fingerprint density at radius 3 is 2.74 bits per heavy atom. The second kappa shape index (κ2) is 4.89. The third-order valence-corrected chi connectivity index (χ3v) is 4.48. The molecule has 3 rings (SSSR count). The molecular weight excluding hydrogens is 236 g/mol. The quantitative estimate of drug-likeness (QED) is 0.882. The number of aromatic nitrogens is 1. The maximum atomic E-state index is 6.54. The molecule has 1 aromatic heterocycles. The number of H-pyrrole nitrogens is 1. The second-order valence-corrected chi connectivity index (χ2v) is 5.65. The summed E-state index contributed by atoms with van der Waals surface area (Å²) in [5.74, 6) is 1.52. The van der Waals surface area contributed by atoms with Crippen molar-refractivity contribution in [3.05, 3.63) is 29.5 Å². The van der Waals surface area contributed by atoms with Gasteiger partial charge < -0.3 is 15.5 Å². The average Bonchev–Trinajstić information content (AvgIpc) is 3.03. The van der Waals surface area contributed by atoms with Crippen LogP contribution in [-0.4, -0.2) is 12.1 Å². The minimum absolute atomic E-state index is 0.142. The first-order chi connectivity index (χ1) is 9.20. The van der Waals surface area contributed by atoms with Crippen LogP contribution < -0.4 is 10.5 Å². The van der Waals surface area contributed by atoms with Crippen LogP contribution in [0.1, 0.15) is 43.0 Å². The van der Waals surface area contributed by atoms with Crippen molar-refractivity contribution in [2.75, 3.05) is 7.11 Å². The van der Waals surface area contributed by atoms with Crippen LogP contribution in [0.2, 0.25) is 0 Å². The van der Waals surface area contributed by atoms with Crippen molar-refractivity contribution < 1.29 is 4.74 Å². The summed E-state index contributed by atoms with van der Waals surface area (Å²) in [5.41, 5.74) is 10.2. The van der Waals surface area contributed by atoms with Crippen LogP contribution in [0.5, 0.6) is 5.75 Å². The zero-order valence-corrected chi connectivity index (χ0v) is 11.7. The first kappa shape index (κ1) is 12.5. The fraction of sp³-hybridized carbons (Fsp3) is 0.500. The van der Waals surface area contributed by atoms with Gasteiger partial charge in [0.1, 0.15) is 5.75 Å². The summed E-state index contributed by atoms with van der Waals surface area (Å²) in [4.78, 5) is 3.45. The molecule has 1 atom stereocenters. The van der Waals surface area contributed by atoms with Gasteiger partial charge in [0.15, 0.2) is 0 Å². The Hall–Kier alpha value is -1.48. The van der Waals surface area contributed by atoms with Gasteiger partial charge in [-0.05, 0) is 49.4 Å². The van der Waals surface area contributed by atoms with E-state index in [-0.39, 0.29) is 6.04 Å². The highest BCUT2D eigenvalue weighted by Crippen LogP contribution is 2.39. The van der Waals surface area contributed by atoms with E-state index in [1.807, 2.05) is 6.07 Å². The third kappa shape index (κ3) is 2.12. The van der Waals surface area contributed by atoms with E-state index < -0.39 is 0 Å². The Kier molecular flexibility index (Phi) is 3.23. The van der Waals surface area contributed by atoms with Gasteiger partial charge in [0.25, 0.3) is 0 Å². The number of nitrogens with two attached hydrogens (primary N) is 1. The van der Waals surface area contributed by atoms with Gasteiger partial charge in [0, 0.05) is 22.6 Å². The lowest BCUT2D eigenvalue weighted by Gasteiger charge is -2.19. The molecule has 1 aliphatic rings. The molecule has 2 aromatic rings. The molecule has 0 aliphatic heterocycles. The SMILES string of the molecule is COc1ccc2[nH]c(C)c(C(N)C3CCCC3)c2c1. The summed E-state index contributed by atoms with van der Waals surface area (Å²) < 4.78 is 5.34. The zero-order chi connectivity index (χ0) is 13.4. The highest BCUT2D eigenvalue weighted by atomic mass is 16.5. The van der Waals surface area contributed by atoms with E-state index in [1.54, 1.807) is 7.11 Å². The predicted molar refractivity (Wildman–Crippen MR) is 78.5 cm³/mol. The molecule has 19 heavy (non-hydrogen) atoms. The number of aryl methyl sites for hydroxylation is 1. The molecule has 1 unspecified atom stereocenters. The van der Waals surface area contributed by atoms with E-state index in [0.29, 0.717) is 5.92 Å². The van der Waals surface area contributed by atoms with Gasteiger partial charge in [-0.2, -0.15) is 0 Å². The number of hydrogen-bond acceptors (Lipinski definition) is 2. The molecule has 102 valence electrons. The van der Waals surface area contributed by atoms with E-state index in [2.05, 4.69) is 24.0 Å². The van der Waals surface area contributed by atoms with Crippen LogP contribution >= 0.6 is 0 Å². The molecule has 3 nitrogen and oxygen atoms in total. The van der Waals surface area contributed by atoms with Crippen molar-refractivity contribution in [1.82, 2.24) is 4.98 Å². The fourth-order valence-electron chi connectivity index (χ4n) is 3.44. The summed E-state index contributed by atoms with van der Waals surface area (Å²) in [6.45, 7) is 2.12. The number of rotatable bonds is 3. The summed E-state index contributed by atoms with van der Waals surface area (Å²) in [5, 5.41) is 1.22. The lowest BCUT2D eigenvalue weighted by molar-refractivity contribution is 0.415. The first-order valence-corrected chi connectivity index (χ1v) is 7.12. The molecule has 0 saturated heterocycles. The minimum Gasteiger partial charge on any atom is -0.497 e. The van der Waals surface area contributed by atoms with Crippen LogP contribution in [0.15, 0.2) is 18.2 Å². The molecule has 0 radical (unpaired) electrons. The molecule has 3 heteroatoms. The molecule has 1 heterocycles. The monoisotopic (exact) mass is 258 g/mol. The smallest absolute Gasteiger partial charge is 0.119 e. The van der Waals surface area contributed by atoms with Crippen molar-refractivity contribution in [2.45, 2.75) is 38.6 Å². The predicted octanol–water partition coefficient (Wildman–Crippen LogP) is 3.67. The minimum atomic E-state index is 0.142. The number of benzene rings is 1. The number of hydrogen-bond donors (Lipinski definition) is 2. The van der Waals surface area contributed by atoms with E-state index in [4.69, 9.17) is 10.5 Å². The van der Waals surface area contributed by atoms with Crippen molar-refractivity contribution in [3.63, 3.8) is 0 Å². The molecule has 1 aromatic carbocycles. The van der Waals surface area contributed by atoms with Crippen LogP contribution in [0.3, 0.4) is 0 Å². The highest BCUT2D eigenvalue weighted by Gasteiger charge is 2.26. The van der Waals surface area contributed by atoms with Crippen LogP contribution in [0.4, 0.5) is 0 Å². The summed E-state index contributed by atoms with van der Waals surface area (Å²) in [6.07, 6.45) is 5.17. The third-order valence-electron chi connectivity index (χ3n) is 4.48. The lowest BCUT2D eigenvalue weighted by Crippen LogP contribution is -2.19. The van der Waals surface area contributed by atoms with Gasteiger partial charge >= 0.3 is 0 Å². The molecule has 0 bridgehead atoms. The van der Waals surface area contributed by atoms with E-state index in [9.17, 15) is 0 Å². The molecule has 3 N–H and O–H groups in total. The number of methoxy groups -OCH3 is 1. The topological polar surface area (TPSA) is 51.0 Å². The number of aromatic amines is 1. The molecule has 0 spiro atoms. The Morgan fingerprint density at radius 2 is 2.05 bits per heavy atom. The Labute approximate surface area is 114 Å². The summed E-state index contributed by atoms with van der Waals surface area (Å²) >= 11 is 0. The van der Waals surface area contributed by atoms with Crippen molar-refractivity contribution >= 4 is 10.9 Å². The molecule has 1 aliphatic carbocycles. The Bertz CT molecular complexity index is 582. The second-order valence-electron chi connectivity index (χ2n) is 5.65. The van der Waals surface area contributed by atoms with Gasteiger partial charge in [0.2, 0.25) is 0 Å². The zero-order valence-electron chi connectivity index (χ0n) is 11.7. The van der Waals surface area contributed by atoms with Gasteiger partial charge in [0.05, 0.1) is 7.11 Å². The summed E-state index contributed by atoms with van der Waals surface area (Å²) in [7, 11) is 1.71. The molecule has 1 saturated carbocycles. The lowest BCUT2D eigenvalue weighted by atomic mass is 9.90. The maximum Gasteiger partial charge on any atom is 0.119 e. The van der Waals surface area contributed by atoms with E-state index in [0.717, 1.165) is 11.3 Å². The van der Waals surface area contributed by atoms with Gasteiger partial charge in [-0.25, -0.2) is 0 Å². The van der Waals surface area contributed by atoms with Crippen LogP contribution in [0.25, 0.3) is 10.9 Å². The van der Waals surface area contributed by atoms with E-state index in [1.165, 1.54) is 42.3 Å². The van der Waals surface area contributed by atoms with Crippen LogP contribution in [0, 0.1) is 12.8 Å². The van der Waals surface area contributed by atoms with Gasteiger partial charge in [-0.3, -0.25) is 0 Å². The number of ether oxygens (including phenoxy) is 1. The van der Waals surface area contributed by atoms with Gasteiger partial charge in [-0.1, -0.05) is 12.8 Å². The first-order valence-electron chi connectivity index (χ1n) is 7.12.